The summed E-state index contributed by atoms with van der Waals surface area (Å²) in [5.74, 6) is 0.136. The number of carbonyl (C=O) groups excluding carboxylic acids is 1. The van der Waals surface area contributed by atoms with Gasteiger partial charge in [-0.05, 0) is 68.7 Å². The summed E-state index contributed by atoms with van der Waals surface area (Å²) in [4.78, 5) is 12.6. The maximum absolute atomic E-state index is 14.5. The van der Waals surface area contributed by atoms with Gasteiger partial charge in [-0.25, -0.2) is 13.9 Å². The number of nitrogens with zero attached hydrogens (tertiary/aromatic N) is 2. The minimum Gasteiger partial charge on any atom is -0.376 e. The average Bonchev–Trinajstić information content (AvgIpc) is 3.40. The number of urea groups is 1. The summed E-state index contributed by atoms with van der Waals surface area (Å²) in [6.07, 6.45) is 8.92. The molecule has 2 N–H and O–H groups in total. The summed E-state index contributed by atoms with van der Waals surface area (Å²) in [5, 5.41) is 10.1. The first-order valence-electron chi connectivity index (χ1n) is 10.1. The molecule has 0 radical (unpaired) electrons. The van der Waals surface area contributed by atoms with Crippen molar-refractivity contribution in [3.05, 3.63) is 48.0 Å². The Morgan fingerprint density at radius 2 is 2.14 bits per heavy atom. The van der Waals surface area contributed by atoms with Gasteiger partial charge in [-0.1, -0.05) is 6.07 Å². The summed E-state index contributed by atoms with van der Waals surface area (Å²) in [6, 6.07) is 6.21. The van der Waals surface area contributed by atoms with Crippen molar-refractivity contribution in [2.75, 3.05) is 6.61 Å². The molecule has 1 saturated heterocycles. The molecular formula is C21H27FN4O2. The Labute approximate surface area is 164 Å². The van der Waals surface area contributed by atoms with Gasteiger partial charge in [0.2, 0.25) is 0 Å². The van der Waals surface area contributed by atoms with Gasteiger partial charge >= 0.3 is 6.03 Å². The average molecular weight is 386 g/mol. The lowest BCUT2D eigenvalue weighted by atomic mass is 9.98. The van der Waals surface area contributed by atoms with Crippen LogP contribution in [0, 0.1) is 11.7 Å². The van der Waals surface area contributed by atoms with Crippen molar-refractivity contribution in [3.63, 3.8) is 0 Å². The van der Waals surface area contributed by atoms with E-state index in [1.54, 1.807) is 24.5 Å². The van der Waals surface area contributed by atoms with Gasteiger partial charge in [0.1, 0.15) is 11.5 Å². The molecule has 7 heteroatoms. The monoisotopic (exact) mass is 386 g/mol. The van der Waals surface area contributed by atoms with Crippen LogP contribution in [-0.2, 0) is 4.74 Å². The first kappa shape index (κ1) is 18.9. The van der Waals surface area contributed by atoms with E-state index >= 15 is 0 Å². The zero-order valence-corrected chi connectivity index (χ0v) is 16.1. The molecule has 0 bridgehead atoms. The Morgan fingerprint density at radius 1 is 1.29 bits per heavy atom. The molecule has 28 heavy (non-hydrogen) atoms. The van der Waals surface area contributed by atoms with Crippen LogP contribution in [-0.4, -0.2) is 34.6 Å². The van der Waals surface area contributed by atoms with E-state index in [2.05, 4.69) is 15.7 Å². The molecule has 0 spiro atoms. The number of nitrogens with one attached hydrogen (secondary N) is 2. The van der Waals surface area contributed by atoms with Gasteiger partial charge in [0.15, 0.2) is 0 Å². The third-order valence-electron chi connectivity index (χ3n) is 5.61. The normalized spacial score (nSPS) is 21.7. The van der Waals surface area contributed by atoms with Gasteiger partial charge in [0, 0.05) is 19.0 Å². The first-order chi connectivity index (χ1) is 13.6. The molecule has 1 aliphatic heterocycles. The van der Waals surface area contributed by atoms with Crippen LogP contribution < -0.4 is 10.6 Å². The molecule has 150 valence electrons. The van der Waals surface area contributed by atoms with E-state index in [0.717, 1.165) is 38.7 Å². The molecule has 2 amide bonds. The lowest BCUT2D eigenvalue weighted by Gasteiger charge is -2.31. The Bertz CT molecular complexity index is 801. The van der Waals surface area contributed by atoms with Crippen LogP contribution in [0.3, 0.4) is 0 Å². The summed E-state index contributed by atoms with van der Waals surface area (Å²) in [7, 11) is 0. The second kappa shape index (κ2) is 8.31. The number of hydrogen-bond donors (Lipinski definition) is 2. The quantitative estimate of drug-likeness (QED) is 0.795. The molecular weight excluding hydrogens is 359 g/mol. The summed E-state index contributed by atoms with van der Waals surface area (Å²) < 4.78 is 21.8. The van der Waals surface area contributed by atoms with Crippen LogP contribution in [0.25, 0.3) is 5.69 Å². The topological polar surface area (TPSA) is 68.2 Å². The van der Waals surface area contributed by atoms with E-state index in [4.69, 9.17) is 4.74 Å². The van der Waals surface area contributed by atoms with Gasteiger partial charge in [-0.15, -0.1) is 0 Å². The fourth-order valence-electron chi connectivity index (χ4n) is 3.88. The second-order valence-electron chi connectivity index (χ2n) is 7.77. The predicted octanol–water partition coefficient (Wildman–Crippen LogP) is 3.72. The van der Waals surface area contributed by atoms with Crippen molar-refractivity contribution >= 4 is 6.03 Å². The number of ether oxygens (including phenoxy) is 1. The minimum absolute atomic E-state index is 0.0615. The molecule has 3 atom stereocenters. The molecule has 2 aliphatic rings. The SMILES string of the molecule is C[C@@H](NC(=O)NC(C1CC1)C1CCCCO1)c1ccc(-n2cccn2)c(F)c1. The number of benzene rings is 1. The van der Waals surface area contributed by atoms with E-state index in [-0.39, 0.29) is 30.0 Å². The van der Waals surface area contributed by atoms with Crippen molar-refractivity contribution in [2.24, 2.45) is 5.92 Å². The van der Waals surface area contributed by atoms with Crippen molar-refractivity contribution in [1.29, 1.82) is 0 Å². The molecule has 4 rings (SSSR count). The summed E-state index contributed by atoms with van der Waals surface area (Å²) in [6.45, 7) is 2.63. The van der Waals surface area contributed by atoms with Crippen LogP contribution in [0.2, 0.25) is 0 Å². The van der Waals surface area contributed by atoms with Crippen LogP contribution in [0.4, 0.5) is 9.18 Å². The van der Waals surface area contributed by atoms with Crippen LogP contribution in [0.1, 0.15) is 50.6 Å². The highest BCUT2D eigenvalue weighted by Crippen LogP contribution is 2.36. The van der Waals surface area contributed by atoms with E-state index in [1.165, 1.54) is 10.7 Å². The highest BCUT2D eigenvalue weighted by Gasteiger charge is 2.38. The van der Waals surface area contributed by atoms with Crippen LogP contribution >= 0.6 is 0 Å². The lowest BCUT2D eigenvalue weighted by molar-refractivity contribution is -0.00983. The van der Waals surface area contributed by atoms with Crippen molar-refractivity contribution in [2.45, 2.75) is 57.2 Å². The zero-order chi connectivity index (χ0) is 19.5. The van der Waals surface area contributed by atoms with E-state index in [1.807, 2.05) is 13.0 Å². The first-order valence-corrected chi connectivity index (χ1v) is 10.1. The Hall–Kier alpha value is -2.41. The lowest BCUT2D eigenvalue weighted by Crippen LogP contribution is -2.50. The number of rotatable bonds is 6. The highest BCUT2D eigenvalue weighted by molar-refractivity contribution is 5.75. The second-order valence-corrected chi connectivity index (χ2v) is 7.77. The van der Waals surface area contributed by atoms with Gasteiger partial charge in [0.25, 0.3) is 0 Å². The van der Waals surface area contributed by atoms with Gasteiger partial charge in [-0.3, -0.25) is 0 Å². The highest BCUT2D eigenvalue weighted by atomic mass is 19.1. The molecule has 1 saturated carbocycles. The third kappa shape index (κ3) is 4.35. The van der Waals surface area contributed by atoms with Crippen molar-refractivity contribution in [3.8, 4) is 5.69 Å². The molecule has 2 aromatic rings. The fourth-order valence-corrected chi connectivity index (χ4v) is 3.88. The maximum Gasteiger partial charge on any atom is 0.315 e. The van der Waals surface area contributed by atoms with Crippen molar-refractivity contribution < 1.29 is 13.9 Å². The predicted molar refractivity (Wildman–Crippen MR) is 104 cm³/mol. The van der Waals surface area contributed by atoms with Crippen LogP contribution in [0.15, 0.2) is 36.7 Å². The third-order valence-corrected chi connectivity index (χ3v) is 5.61. The van der Waals surface area contributed by atoms with E-state index < -0.39 is 0 Å². The Kier molecular flexibility index (Phi) is 5.62. The fraction of sp³-hybridized carbons (Fsp3) is 0.524. The molecule has 2 heterocycles. The standard InChI is InChI=1S/C21H27FN4O2/c1-14(16-8-9-18(17(22)13-16)26-11-4-10-23-26)24-21(27)25-20(15-6-7-15)19-5-2-3-12-28-19/h4,8-11,13-15,19-20H,2-3,5-7,12H2,1H3,(H2,24,25,27)/t14-,19?,20?/m1/s1. The molecule has 1 aliphatic carbocycles. The smallest absolute Gasteiger partial charge is 0.315 e. The largest absolute Gasteiger partial charge is 0.376 e. The Morgan fingerprint density at radius 3 is 2.79 bits per heavy atom. The van der Waals surface area contributed by atoms with Gasteiger partial charge < -0.3 is 15.4 Å². The molecule has 1 aromatic heterocycles. The Balaban J connectivity index is 1.38. The number of halogens is 1. The number of aromatic nitrogens is 2. The summed E-state index contributed by atoms with van der Waals surface area (Å²) in [5.41, 5.74) is 1.09. The molecule has 2 fully saturated rings. The number of carbonyl (C=O) groups is 1. The summed E-state index contributed by atoms with van der Waals surface area (Å²) >= 11 is 0. The van der Waals surface area contributed by atoms with Crippen molar-refractivity contribution in [1.82, 2.24) is 20.4 Å². The molecule has 2 unspecified atom stereocenters. The van der Waals surface area contributed by atoms with E-state index in [0.29, 0.717) is 17.2 Å². The number of amides is 2. The van der Waals surface area contributed by atoms with Crippen LogP contribution in [0.5, 0.6) is 0 Å². The van der Waals surface area contributed by atoms with E-state index in [9.17, 15) is 9.18 Å². The molecule has 1 aromatic carbocycles. The zero-order valence-electron chi connectivity index (χ0n) is 16.1. The van der Waals surface area contributed by atoms with Gasteiger partial charge in [-0.2, -0.15) is 5.10 Å². The molecule has 6 nitrogen and oxygen atoms in total. The number of hydrogen-bond acceptors (Lipinski definition) is 3. The minimum atomic E-state index is -0.373. The van der Waals surface area contributed by atoms with Gasteiger partial charge in [0.05, 0.1) is 18.2 Å². The maximum atomic E-state index is 14.5.